The van der Waals surface area contributed by atoms with Crippen LogP contribution in [0.4, 0.5) is 17.1 Å². The van der Waals surface area contributed by atoms with Crippen molar-refractivity contribution in [3.63, 3.8) is 0 Å². The van der Waals surface area contributed by atoms with Crippen molar-refractivity contribution in [2.45, 2.75) is 4.90 Å². The van der Waals surface area contributed by atoms with E-state index in [0.717, 1.165) is 16.8 Å². The van der Waals surface area contributed by atoms with Crippen LogP contribution in [0.25, 0.3) is 10.9 Å². The Hall–Kier alpha value is -3.65. The van der Waals surface area contributed by atoms with Gasteiger partial charge in [0, 0.05) is 34.8 Å². The summed E-state index contributed by atoms with van der Waals surface area (Å²) in [6, 6.07) is 19.8. The van der Waals surface area contributed by atoms with Gasteiger partial charge in [-0.2, -0.15) is 0 Å². The van der Waals surface area contributed by atoms with E-state index in [0.29, 0.717) is 22.0 Å². The number of rotatable bonds is 6. The molecule has 0 unspecified atom stereocenters. The van der Waals surface area contributed by atoms with Crippen LogP contribution in [0.15, 0.2) is 84.0 Å². The van der Waals surface area contributed by atoms with Crippen LogP contribution in [0.1, 0.15) is 0 Å². The number of para-hydroxylation sites is 1. The topological polar surface area (TPSA) is 100.0 Å². The fourth-order valence-electron chi connectivity index (χ4n) is 2.93. The van der Waals surface area contributed by atoms with E-state index < -0.39 is 9.92 Å². The minimum absolute atomic E-state index is 0.400. The van der Waals surface area contributed by atoms with Crippen LogP contribution in [-0.2, 0) is 9.92 Å². The maximum Gasteiger partial charge on any atom is 0.240 e. The fraction of sp³-hybridized carbons (Fsp3) is 0.0476. The van der Waals surface area contributed by atoms with Gasteiger partial charge >= 0.3 is 0 Å². The third kappa shape index (κ3) is 3.97. The lowest BCUT2D eigenvalue weighted by atomic mass is 10.2. The molecule has 0 aliphatic heterocycles. The quantitative estimate of drug-likeness (QED) is 0.427. The average Bonchev–Trinajstić information content (AvgIpc) is 2.74. The van der Waals surface area contributed by atoms with E-state index in [1.165, 1.54) is 0 Å². The molecular weight excluding hydrogens is 386 g/mol. The van der Waals surface area contributed by atoms with Crippen LogP contribution in [0, 0.1) is 4.78 Å². The SMILES string of the molecule is COc1nccc2c(Nc3ccc([S@](=N)(=O)Nc4ccccc4)cc3)ccnc12. The number of hydrogen-bond donors (Lipinski definition) is 3. The van der Waals surface area contributed by atoms with Crippen molar-refractivity contribution in [1.29, 1.82) is 4.78 Å². The molecule has 1 atom stereocenters. The average molecular weight is 405 g/mol. The highest BCUT2D eigenvalue weighted by Gasteiger charge is 2.11. The van der Waals surface area contributed by atoms with Gasteiger partial charge in [-0.25, -0.2) is 14.0 Å². The van der Waals surface area contributed by atoms with Crippen molar-refractivity contribution in [1.82, 2.24) is 9.97 Å². The number of nitrogens with one attached hydrogen (secondary N) is 3. The van der Waals surface area contributed by atoms with Gasteiger partial charge < -0.3 is 10.1 Å². The molecule has 2 heterocycles. The van der Waals surface area contributed by atoms with Crippen LogP contribution in [-0.4, -0.2) is 21.3 Å². The first kappa shape index (κ1) is 18.7. The Kier molecular flexibility index (Phi) is 5.01. The van der Waals surface area contributed by atoms with E-state index in [-0.39, 0.29) is 0 Å². The Labute approximate surface area is 168 Å². The van der Waals surface area contributed by atoms with Crippen molar-refractivity contribution in [2.24, 2.45) is 0 Å². The van der Waals surface area contributed by atoms with Gasteiger partial charge in [0.15, 0.2) is 9.92 Å². The Balaban J connectivity index is 1.58. The lowest BCUT2D eigenvalue weighted by molar-refractivity contribution is 0.402. The number of aromatic nitrogens is 2. The third-order valence-electron chi connectivity index (χ3n) is 4.32. The van der Waals surface area contributed by atoms with Crippen molar-refractivity contribution < 1.29 is 8.95 Å². The molecule has 0 bridgehead atoms. The number of ether oxygens (including phenoxy) is 1. The van der Waals surface area contributed by atoms with Crippen molar-refractivity contribution in [3.8, 4) is 5.88 Å². The smallest absolute Gasteiger partial charge is 0.240 e. The summed E-state index contributed by atoms with van der Waals surface area (Å²) in [6.07, 6.45) is 3.35. The molecule has 4 rings (SSSR count). The summed E-state index contributed by atoms with van der Waals surface area (Å²) >= 11 is 0. The summed E-state index contributed by atoms with van der Waals surface area (Å²) in [6.45, 7) is 0. The van der Waals surface area contributed by atoms with Crippen LogP contribution in [0.3, 0.4) is 0 Å². The number of pyridine rings is 2. The van der Waals surface area contributed by atoms with E-state index in [4.69, 9.17) is 9.52 Å². The second-order valence-corrected chi connectivity index (χ2v) is 8.04. The molecule has 146 valence electrons. The highest BCUT2D eigenvalue weighted by molar-refractivity contribution is 7.93. The van der Waals surface area contributed by atoms with Gasteiger partial charge in [-0.15, -0.1) is 0 Å². The first-order valence-corrected chi connectivity index (χ1v) is 10.4. The van der Waals surface area contributed by atoms with E-state index in [9.17, 15) is 4.21 Å². The molecule has 7 nitrogen and oxygen atoms in total. The highest BCUT2D eigenvalue weighted by Crippen LogP contribution is 2.29. The minimum atomic E-state index is -3.16. The molecular formula is C21H19N5O2S. The summed E-state index contributed by atoms with van der Waals surface area (Å²) in [5.74, 6) is 0.461. The molecule has 0 saturated heterocycles. The van der Waals surface area contributed by atoms with Crippen LogP contribution >= 0.6 is 0 Å². The van der Waals surface area contributed by atoms with Gasteiger partial charge in [0.1, 0.15) is 5.52 Å². The van der Waals surface area contributed by atoms with E-state index in [2.05, 4.69) is 20.0 Å². The van der Waals surface area contributed by atoms with Gasteiger partial charge in [0.25, 0.3) is 0 Å². The van der Waals surface area contributed by atoms with Gasteiger partial charge in [-0.1, -0.05) is 18.2 Å². The van der Waals surface area contributed by atoms with Gasteiger partial charge in [0.05, 0.1) is 12.0 Å². The monoisotopic (exact) mass is 405 g/mol. The number of anilines is 3. The Morgan fingerprint density at radius 1 is 0.897 bits per heavy atom. The highest BCUT2D eigenvalue weighted by atomic mass is 32.2. The van der Waals surface area contributed by atoms with Gasteiger partial charge in [-0.05, 0) is 48.5 Å². The predicted octanol–water partition coefficient (Wildman–Crippen LogP) is 4.81. The maximum atomic E-state index is 12.8. The van der Waals surface area contributed by atoms with Crippen LogP contribution in [0.5, 0.6) is 5.88 Å². The standard InChI is InChI=1S/C21H19N5O2S/c1-28-21-20-18(11-13-24-21)19(12-14-23-20)25-15-7-9-17(10-8-15)29(22,27)26-16-5-3-2-4-6-16/h2-14H,1H3,(H,23,25)(H2,22,26,27)/t29-/m1/s1. The molecule has 0 spiro atoms. The second kappa shape index (κ2) is 7.76. The Morgan fingerprint density at radius 3 is 2.34 bits per heavy atom. The van der Waals surface area contributed by atoms with Crippen LogP contribution in [0.2, 0.25) is 0 Å². The van der Waals surface area contributed by atoms with Crippen molar-refractivity contribution in [2.75, 3.05) is 17.1 Å². The second-order valence-electron chi connectivity index (χ2n) is 6.25. The molecule has 0 fully saturated rings. The normalized spacial score (nSPS) is 12.9. The summed E-state index contributed by atoms with van der Waals surface area (Å²) in [5.41, 5.74) is 2.95. The van der Waals surface area contributed by atoms with E-state index in [1.54, 1.807) is 55.9 Å². The molecule has 4 aromatic rings. The lowest BCUT2D eigenvalue weighted by Crippen LogP contribution is -2.11. The number of benzene rings is 2. The molecule has 2 aromatic heterocycles. The molecule has 8 heteroatoms. The predicted molar refractivity (Wildman–Crippen MR) is 115 cm³/mol. The number of methoxy groups -OCH3 is 1. The fourth-order valence-corrected chi connectivity index (χ4v) is 4.03. The minimum Gasteiger partial charge on any atom is -0.479 e. The van der Waals surface area contributed by atoms with Crippen LogP contribution < -0.4 is 14.8 Å². The lowest BCUT2D eigenvalue weighted by Gasteiger charge is -2.13. The zero-order valence-electron chi connectivity index (χ0n) is 15.6. The van der Waals surface area contributed by atoms with Gasteiger partial charge in [0.2, 0.25) is 5.88 Å². The summed E-state index contributed by atoms with van der Waals surface area (Å²) < 4.78 is 29.1. The molecule has 0 aliphatic carbocycles. The number of hydrogen-bond acceptors (Lipinski definition) is 6. The third-order valence-corrected chi connectivity index (χ3v) is 5.78. The number of nitrogens with zero attached hydrogens (tertiary/aromatic N) is 2. The largest absolute Gasteiger partial charge is 0.479 e. The maximum absolute atomic E-state index is 12.8. The molecule has 2 aromatic carbocycles. The zero-order valence-corrected chi connectivity index (χ0v) is 16.4. The summed E-state index contributed by atoms with van der Waals surface area (Å²) in [4.78, 5) is 8.92. The molecule has 0 aliphatic rings. The summed E-state index contributed by atoms with van der Waals surface area (Å²) in [7, 11) is -1.60. The van der Waals surface area contributed by atoms with Gasteiger partial charge in [-0.3, -0.25) is 9.71 Å². The molecule has 0 amide bonds. The number of fused-ring (bicyclic) bond motifs is 1. The van der Waals surface area contributed by atoms with E-state index in [1.807, 2.05) is 30.3 Å². The molecule has 0 radical (unpaired) electrons. The molecule has 3 N–H and O–H groups in total. The zero-order chi connectivity index (χ0) is 20.3. The van der Waals surface area contributed by atoms with Crippen molar-refractivity contribution in [3.05, 3.63) is 79.1 Å². The molecule has 29 heavy (non-hydrogen) atoms. The van der Waals surface area contributed by atoms with Crippen molar-refractivity contribution >= 4 is 37.9 Å². The van der Waals surface area contributed by atoms with E-state index >= 15 is 0 Å². The first-order chi connectivity index (χ1) is 14.1. The summed E-state index contributed by atoms with van der Waals surface area (Å²) in [5, 5.41) is 4.20. The molecule has 0 saturated carbocycles. The Morgan fingerprint density at radius 2 is 1.62 bits per heavy atom. The Bertz CT molecular complexity index is 1240. The first-order valence-electron chi connectivity index (χ1n) is 8.83.